The molecule has 1 saturated heterocycles. The summed E-state index contributed by atoms with van der Waals surface area (Å²) in [5.74, 6) is 0.308. The third kappa shape index (κ3) is 3.18. The molecule has 0 aliphatic carbocycles. The van der Waals surface area contributed by atoms with E-state index in [1.54, 1.807) is 24.3 Å². The molecule has 1 aromatic heterocycles. The van der Waals surface area contributed by atoms with Crippen molar-refractivity contribution >= 4 is 23.9 Å². The molecule has 2 aliphatic heterocycles. The number of nitrogens with zero attached hydrogens (tertiary/aromatic N) is 1. The molecule has 0 bridgehead atoms. The molecule has 2 aliphatic rings. The van der Waals surface area contributed by atoms with E-state index in [2.05, 4.69) is 5.32 Å². The lowest BCUT2D eigenvalue weighted by molar-refractivity contribution is -0.130. The maximum absolute atomic E-state index is 12.8. The van der Waals surface area contributed by atoms with E-state index >= 15 is 0 Å². The van der Waals surface area contributed by atoms with Crippen LogP contribution in [0.25, 0.3) is 6.08 Å². The first-order chi connectivity index (χ1) is 13.6. The molecule has 9 heteroatoms. The van der Waals surface area contributed by atoms with Gasteiger partial charge in [0.1, 0.15) is 17.1 Å². The average Bonchev–Trinajstić information content (AvgIpc) is 3.33. The second-order valence-corrected chi connectivity index (χ2v) is 5.96. The van der Waals surface area contributed by atoms with Crippen LogP contribution in [-0.4, -0.2) is 36.1 Å². The molecule has 0 atom stereocenters. The summed E-state index contributed by atoms with van der Waals surface area (Å²) >= 11 is 0. The van der Waals surface area contributed by atoms with Crippen molar-refractivity contribution in [2.75, 3.05) is 13.4 Å². The van der Waals surface area contributed by atoms with E-state index < -0.39 is 17.8 Å². The lowest BCUT2D eigenvalue weighted by atomic mass is 10.1. The zero-order valence-electron chi connectivity index (χ0n) is 14.9. The molecule has 0 saturated carbocycles. The Morgan fingerprint density at radius 1 is 1.21 bits per heavy atom. The molecule has 28 heavy (non-hydrogen) atoms. The van der Waals surface area contributed by atoms with Crippen LogP contribution in [0.2, 0.25) is 0 Å². The van der Waals surface area contributed by atoms with Crippen LogP contribution < -0.4 is 19.5 Å². The summed E-state index contributed by atoms with van der Waals surface area (Å²) in [7, 11) is 0. The maximum Gasteiger partial charge on any atom is 0.331 e. The topological polar surface area (TPSA) is 107 Å². The zero-order valence-corrected chi connectivity index (χ0v) is 14.9. The second kappa shape index (κ2) is 7.10. The number of ether oxygens (including phenoxy) is 3. The lowest BCUT2D eigenvalue weighted by Gasteiger charge is -2.25. The predicted octanol–water partition coefficient (Wildman–Crippen LogP) is 2.07. The van der Waals surface area contributed by atoms with Gasteiger partial charge in [-0.2, -0.15) is 0 Å². The van der Waals surface area contributed by atoms with Crippen LogP contribution in [0.3, 0.4) is 0 Å². The highest BCUT2D eigenvalue weighted by atomic mass is 16.7. The highest BCUT2D eigenvalue weighted by Crippen LogP contribution is 2.39. The van der Waals surface area contributed by atoms with Crippen molar-refractivity contribution in [3.63, 3.8) is 0 Å². The van der Waals surface area contributed by atoms with Gasteiger partial charge in [0.15, 0.2) is 11.5 Å². The third-order valence-corrected chi connectivity index (χ3v) is 4.18. The van der Waals surface area contributed by atoms with E-state index in [1.165, 1.54) is 12.3 Å². The first-order valence-corrected chi connectivity index (χ1v) is 8.54. The number of furan rings is 1. The van der Waals surface area contributed by atoms with Crippen molar-refractivity contribution in [3.05, 3.63) is 47.4 Å². The van der Waals surface area contributed by atoms with E-state index in [9.17, 15) is 14.4 Å². The number of rotatable bonds is 5. The van der Waals surface area contributed by atoms with Crippen molar-refractivity contribution < 1.29 is 33.0 Å². The molecule has 144 valence electrons. The summed E-state index contributed by atoms with van der Waals surface area (Å²) in [4.78, 5) is 38.1. The second-order valence-electron chi connectivity index (χ2n) is 5.96. The Morgan fingerprint density at radius 2 is 2.00 bits per heavy atom. The summed E-state index contributed by atoms with van der Waals surface area (Å²) in [5.41, 5.74) is 0.253. The first kappa shape index (κ1) is 17.7. The Morgan fingerprint density at radius 3 is 2.71 bits per heavy atom. The van der Waals surface area contributed by atoms with Gasteiger partial charge in [-0.1, -0.05) is 0 Å². The number of hydrogen-bond donors (Lipinski definition) is 1. The van der Waals surface area contributed by atoms with Gasteiger partial charge in [0, 0.05) is 11.6 Å². The van der Waals surface area contributed by atoms with E-state index in [1.807, 2.05) is 6.92 Å². The van der Waals surface area contributed by atoms with Crippen molar-refractivity contribution in [2.24, 2.45) is 0 Å². The third-order valence-electron chi connectivity index (χ3n) is 4.18. The molecular formula is C19H16N2O7. The largest absolute Gasteiger partial charge is 0.493 e. The van der Waals surface area contributed by atoms with E-state index in [4.69, 9.17) is 18.6 Å². The molecule has 1 N–H and O–H groups in total. The van der Waals surface area contributed by atoms with Crippen LogP contribution in [0.5, 0.6) is 17.2 Å². The molecule has 1 fully saturated rings. The Bertz CT molecular complexity index is 978. The molecule has 2 aromatic rings. The predicted molar refractivity (Wildman–Crippen MR) is 94.5 cm³/mol. The fourth-order valence-electron chi connectivity index (χ4n) is 2.88. The minimum absolute atomic E-state index is 0.0752. The molecule has 3 heterocycles. The molecule has 4 amide bonds. The molecule has 0 spiro atoms. The zero-order chi connectivity index (χ0) is 19.7. The molecule has 0 radical (unpaired) electrons. The number of benzene rings is 1. The van der Waals surface area contributed by atoms with Crippen LogP contribution in [0.4, 0.5) is 4.79 Å². The van der Waals surface area contributed by atoms with E-state index in [-0.39, 0.29) is 18.9 Å². The van der Waals surface area contributed by atoms with Gasteiger partial charge >= 0.3 is 6.03 Å². The number of amides is 4. The van der Waals surface area contributed by atoms with Crippen molar-refractivity contribution in [3.8, 4) is 17.2 Å². The van der Waals surface area contributed by atoms with Crippen LogP contribution in [0, 0.1) is 0 Å². The van der Waals surface area contributed by atoms with Crippen molar-refractivity contribution in [1.82, 2.24) is 10.2 Å². The molecule has 4 rings (SSSR count). The standard InChI is InChI=1S/C19H16N2O7/c1-2-25-14-8-16-15(27-10-28-16)7-11(14)6-13-17(22)20-19(24)21(18(13)23)9-12-4-3-5-26-12/h3-8H,2,9-10H2,1H3,(H,20,22,24). The number of hydrogen-bond acceptors (Lipinski definition) is 7. The van der Waals surface area contributed by atoms with Gasteiger partial charge in [-0.25, -0.2) is 4.79 Å². The number of imide groups is 2. The summed E-state index contributed by atoms with van der Waals surface area (Å²) in [5, 5.41) is 2.17. The van der Waals surface area contributed by atoms with Gasteiger partial charge in [-0.3, -0.25) is 19.8 Å². The number of fused-ring (bicyclic) bond motifs is 1. The molecular weight excluding hydrogens is 368 g/mol. The van der Waals surface area contributed by atoms with Crippen LogP contribution in [-0.2, 0) is 16.1 Å². The fraction of sp³-hybridized carbons (Fsp3) is 0.211. The minimum atomic E-state index is -0.806. The van der Waals surface area contributed by atoms with E-state index in [0.717, 1.165) is 4.90 Å². The number of nitrogens with one attached hydrogen (secondary N) is 1. The lowest BCUT2D eigenvalue weighted by Crippen LogP contribution is -2.53. The monoisotopic (exact) mass is 384 g/mol. The van der Waals surface area contributed by atoms with Crippen LogP contribution in [0.1, 0.15) is 18.2 Å². The highest BCUT2D eigenvalue weighted by Gasteiger charge is 2.36. The van der Waals surface area contributed by atoms with E-state index in [0.29, 0.717) is 35.2 Å². The summed E-state index contributed by atoms with van der Waals surface area (Å²) in [6.07, 6.45) is 2.80. The SMILES string of the molecule is CCOc1cc2c(cc1C=C1C(=O)NC(=O)N(Cc3ccco3)C1=O)OCO2. The van der Waals surface area contributed by atoms with Crippen molar-refractivity contribution in [1.29, 1.82) is 0 Å². The first-order valence-electron chi connectivity index (χ1n) is 8.54. The van der Waals surface area contributed by atoms with Crippen LogP contribution in [0.15, 0.2) is 40.5 Å². The molecule has 9 nitrogen and oxygen atoms in total. The molecule has 1 aromatic carbocycles. The Kier molecular flexibility index (Phi) is 4.48. The van der Waals surface area contributed by atoms with Gasteiger partial charge < -0.3 is 18.6 Å². The molecule has 0 unspecified atom stereocenters. The number of barbiturate groups is 1. The van der Waals surface area contributed by atoms with Crippen LogP contribution >= 0.6 is 0 Å². The Hall–Kier alpha value is -3.75. The number of urea groups is 1. The minimum Gasteiger partial charge on any atom is -0.493 e. The van der Waals surface area contributed by atoms with Gasteiger partial charge in [0.2, 0.25) is 6.79 Å². The van der Waals surface area contributed by atoms with Gasteiger partial charge in [0.25, 0.3) is 11.8 Å². The quantitative estimate of drug-likeness (QED) is 0.621. The maximum atomic E-state index is 12.8. The average molecular weight is 384 g/mol. The summed E-state index contributed by atoms with van der Waals surface area (Å²) < 4.78 is 21.5. The highest BCUT2D eigenvalue weighted by molar-refractivity contribution is 6.31. The Balaban J connectivity index is 1.70. The van der Waals surface area contributed by atoms with Gasteiger partial charge in [0.05, 0.1) is 19.4 Å². The normalized spacial score (nSPS) is 17.2. The van der Waals surface area contributed by atoms with Crippen molar-refractivity contribution in [2.45, 2.75) is 13.5 Å². The van der Waals surface area contributed by atoms with Gasteiger partial charge in [-0.15, -0.1) is 0 Å². The summed E-state index contributed by atoms with van der Waals surface area (Å²) in [6, 6.07) is 5.72. The number of carbonyl (C=O) groups is 3. The number of carbonyl (C=O) groups excluding carboxylic acids is 3. The fourth-order valence-corrected chi connectivity index (χ4v) is 2.88. The smallest absolute Gasteiger partial charge is 0.331 e. The summed E-state index contributed by atoms with van der Waals surface area (Å²) in [6.45, 7) is 2.16. The van der Waals surface area contributed by atoms with Gasteiger partial charge in [-0.05, 0) is 31.2 Å². The Labute approximate surface area is 159 Å².